The van der Waals surface area contributed by atoms with Gasteiger partial charge in [0.2, 0.25) is 17.7 Å². The summed E-state index contributed by atoms with van der Waals surface area (Å²) in [4.78, 5) is 59.8. The molecule has 0 spiro atoms. The van der Waals surface area contributed by atoms with E-state index in [0.717, 1.165) is 5.56 Å². The fraction of sp³-hybridized carbons (Fsp3) is 0.500. The molecule has 1 unspecified atom stereocenters. The topological polar surface area (TPSA) is 152 Å². The fourth-order valence-electron chi connectivity index (χ4n) is 2.51. The van der Waals surface area contributed by atoms with Crippen molar-refractivity contribution in [3.63, 3.8) is 0 Å². The molecule has 0 saturated heterocycles. The van der Waals surface area contributed by atoms with E-state index in [9.17, 15) is 24.0 Å². The summed E-state index contributed by atoms with van der Waals surface area (Å²) in [5, 5.41) is 9.60. The summed E-state index contributed by atoms with van der Waals surface area (Å²) in [6.07, 6.45) is -0.585. The SMILES string of the molecule is CCOC(=O)CNC(=O)C(Cc1ccccc1)NC(=O)CNC(=O)CNC(=O)OC(C)(C)C. The average Bonchev–Trinajstić information content (AvgIpc) is 2.74. The van der Waals surface area contributed by atoms with E-state index in [4.69, 9.17) is 9.47 Å². The van der Waals surface area contributed by atoms with Gasteiger partial charge in [0.05, 0.1) is 13.2 Å². The lowest BCUT2D eigenvalue weighted by atomic mass is 10.1. The van der Waals surface area contributed by atoms with Crippen molar-refractivity contribution in [2.75, 3.05) is 26.2 Å². The quantitative estimate of drug-likeness (QED) is 0.337. The number of alkyl carbamates (subject to hydrolysis) is 1. The maximum atomic E-state index is 12.5. The van der Waals surface area contributed by atoms with Crippen molar-refractivity contribution in [3.8, 4) is 0 Å². The van der Waals surface area contributed by atoms with Gasteiger partial charge in [0.25, 0.3) is 0 Å². The number of hydrogen-bond donors (Lipinski definition) is 4. The van der Waals surface area contributed by atoms with Gasteiger partial charge in [-0.2, -0.15) is 0 Å². The van der Waals surface area contributed by atoms with Crippen LogP contribution in [0.5, 0.6) is 0 Å². The van der Waals surface area contributed by atoms with E-state index < -0.39 is 48.0 Å². The molecule has 4 amide bonds. The van der Waals surface area contributed by atoms with Crippen LogP contribution in [0.4, 0.5) is 4.79 Å². The molecule has 1 atom stereocenters. The summed E-state index contributed by atoms with van der Waals surface area (Å²) in [6.45, 7) is 5.77. The van der Waals surface area contributed by atoms with Crippen LogP contribution in [0.3, 0.4) is 0 Å². The molecule has 182 valence electrons. The van der Waals surface area contributed by atoms with Crippen molar-refractivity contribution < 1.29 is 33.4 Å². The van der Waals surface area contributed by atoms with E-state index in [1.165, 1.54) is 0 Å². The number of amides is 4. The molecule has 0 radical (unpaired) electrons. The third-order valence-corrected chi connectivity index (χ3v) is 3.88. The summed E-state index contributed by atoms with van der Waals surface area (Å²) in [5.41, 5.74) is 0.0851. The van der Waals surface area contributed by atoms with Crippen LogP contribution in [0, 0.1) is 0 Å². The monoisotopic (exact) mass is 464 g/mol. The first kappa shape index (κ1) is 27.4. The van der Waals surface area contributed by atoms with E-state index >= 15 is 0 Å². The Kier molecular flexibility index (Phi) is 11.4. The van der Waals surface area contributed by atoms with Gasteiger partial charge < -0.3 is 30.7 Å². The Bertz CT molecular complexity index is 822. The minimum Gasteiger partial charge on any atom is -0.465 e. The second-order valence-corrected chi connectivity index (χ2v) is 7.96. The largest absolute Gasteiger partial charge is 0.465 e. The lowest BCUT2D eigenvalue weighted by Crippen LogP contribution is -2.51. The van der Waals surface area contributed by atoms with E-state index in [1.807, 2.05) is 6.07 Å². The molecule has 0 aliphatic carbocycles. The molecule has 11 nitrogen and oxygen atoms in total. The molecule has 0 aliphatic rings. The summed E-state index contributed by atoms with van der Waals surface area (Å²) in [6, 6.07) is 8.01. The predicted molar refractivity (Wildman–Crippen MR) is 119 cm³/mol. The maximum Gasteiger partial charge on any atom is 0.408 e. The number of esters is 1. The van der Waals surface area contributed by atoms with Gasteiger partial charge in [-0.05, 0) is 33.3 Å². The normalized spacial score (nSPS) is 11.5. The van der Waals surface area contributed by atoms with Gasteiger partial charge in [-0.25, -0.2) is 4.79 Å². The number of hydrogen-bond acceptors (Lipinski definition) is 7. The van der Waals surface area contributed by atoms with Crippen LogP contribution in [-0.4, -0.2) is 67.7 Å². The molecule has 0 saturated carbocycles. The third kappa shape index (κ3) is 12.7. The average molecular weight is 465 g/mol. The number of carbonyl (C=O) groups is 5. The van der Waals surface area contributed by atoms with Gasteiger partial charge in [-0.3, -0.25) is 19.2 Å². The summed E-state index contributed by atoms with van der Waals surface area (Å²) in [5.74, 6) is -2.39. The van der Waals surface area contributed by atoms with Crippen molar-refractivity contribution in [2.24, 2.45) is 0 Å². The number of rotatable bonds is 11. The Hall–Kier alpha value is -3.63. The Balaban J connectivity index is 2.58. The highest BCUT2D eigenvalue weighted by atomic mass is 16.6. The second-order valence-electron chi connectivity index (χ2n) is 7.96. The highest BCUT2D eigenvalue weighted by molar-refractivity contribution is 5.92. The van der Waals surface area contributed by atoms with Gasteiger partial charge in [-0.15, -0.1) is 0 Å². The molecule has 0 aromatic heterocycles. The van der Waals surface area contributed by atoms with Gasteiger partial charge in [0, 0.05) is 6.42 Å². The molecular formula is C22H32N4O7. The van der Waals surface area contributed by atoms with Crippen LogP contribution in [-0.2, 0) is 35.1 Å². The standard InChI is InChI=1S/C22H32N4O7/c1-5-32-19(29)14-24-20(30)16(11-15-9-7-6-8-10-15)26-18(28)13-23-17(27)12-25-21(31)33-22(2,3)4/h6-10,16H,5,11-14H2,1-4H3,(H,23,27)(H,24,30)(H,25,31)(H,26,28). The first-order chi connectivity index (χ1) is 15.5. The van der Waals surface area contributed by atoms with Crippen LogP contribution >= 0.6 is 0 Å². The third-order valence-electron chi connectivity index (χ3n) is 3.88. The lowest BCUT2D eigenvalue weighted by Gasteiger charge is -2.20. The van der Waals surface area contributed by atoms with Gasteiger partial charge in [-0.1, -0.05) is 30.3 Å². The zero-order valence-electron chi connectivity index (χ0n) is 19.4. The maximum absolute atomic E-state index is 12.5. The van der Waals surface area contributed by atoms with Crippen molar-refractivity contribution in [1.29, 1.82) is 0 Å². The van der Waals surface area contributed by atoms with Gasteiger partial charge >= 0.3 is 12.1 Å². The number of carbonyl (C=O) groups excluding carboxylic acids is 5. The fourth-order valence-corrected chi connectivity index (χ4v) is 2.51. The molecular weight excluding hydrogens is 432 g/mol. The first-order valence-corrected chi connectivity index (χ1v) is 10.5. The molecule has 33 heavy (non-hydrogen) atoms. The summed E-state index contributed by atoms with van der Waals surface area (Å²) < 4.78 is 9.79. The van der Waals surface area contributed by atoms with Crippen molar-refractivity contribution in [3.05, 3.63) is 35.9 Å². The highest BCUT2D eigenvalue weighted by Crippen LogP contribution is 2.06. The molecule has 0 bridgehead atoms. The molecule has 0 heterocycles. The predicted octanol–water partition coefficient (Wildman–Crippen LogP) is 0.0341. The van der Waals surface area contributed by atoms with E-state index in [-0.39, 0.29) is 26.1 Å². The minimum atomic E-state index is -0.980. The Labute approximate surface area is 193 Å². The van der Waals surface area contributed by atoms with Crippen molar-refractivity contribution >= 4 is 29.8 Å². The Morgan fingerprint density at radius 1 is 0.879 bits per heavy atom. The van der Waals surface area contributed by atoms with Crippen LogP contribution in [0.2, 0.25) is 0 Å². The molecule has 1 aromatic rings. The number of nitrogens with one attached hydrogen (secondary N) is 4. The first-order valence-electron chi connectivity index (χ1n) is 10.5. The van der Waals surface area contributed by atoms with E-state index in [0.29, 0.717) is 0 Å². The van der Waals surface area contributed by atoms with Crippen LogP contribution in [0.25, 0.3) is 0 Å². The highest BCUT2D eigenvalue weighted by Gasteiger charge is 2.22. The van der Waals surface area contributed by atoms with E-state index in [1.54, 1.807) is 52.0 Å². The van der Waals surface area contributed by atoms with Crippen LogP contribution < -0.4 is 21.3 Å². The smallest absolute Gasteiger partial charge is 0.408 e. The Morgan fingerprint density at radius 2 is 1.52 bits per heavy atom. The molecule has 1 aromatic carbocycles. The van der Waals surface area contributed by atoms with Crippen molar-refractivity contribution in [2.45, 2.75) is 45.8 Å². The van der Waals surface area contributed by atoms with E-state index in [2.05, 4.69) is 21.3 Å². The second kappa shape index (κ2) is 13.7. The summed E-state index contributed by atoms with van der Waals surface area (Å²) in [7, 11) is 0. The molecule has 11 heteroatoms. The molecule has 1 rings (SSSR count). The molecule has 0 aliphatic heterocycles. The zero-order valence-corrected chi connectivity index (χ0v) is 19.4. The zero-order chi connectivity index (χ0) is 24.9. The molecule has 4 N–H and O–H groups in total. The van der Waals surface area contributed by atoms with Crippen molar-refractivity contribution in [1.82, 2.24) is 21.3 Å². The summed E-state index contributed by atoms with van der Waals surface area (Å²) >= 11 is 0. The van der Waals surface area contributed by atoms with Gasteiger partial charge in [0.1, 0.15) is 24.7 Å². The van der Waals surface area contributed by atoms with Crippen LogP contribution in [0.1, 0.15) is 33.3 Å². The Morgan fingerprint density at radius 3 is 2.12 bits per heavy atom. The number of ether oxygens (including phenoxy) is 2. The molecule has 0 fully saturated rings. The van der Waals surface area contributed by atoms with Crippen LogP contribution in [0.15, 0.2) is 30.3 Å². The van der Waals surface area contributed by atoms with Gasteiger partial charge in [0.15, 0.2) is 0 Å². The lowest BCUT2D eigenvalue weighted by molar-refractivity contribution is -0.143. The number of benzene rings is 1. The minimum absolute atomic E-state index is 0.176.